The Labute approximate surface area is 143 Å². The van der Waals surface area contributed by atoms with E-state index in [9.17, 15) is 9.59 Å². The third kappa shape index (κ3) is 2.62. The lowest BCUT2D eigenvalue weighted by atomic mass is 9.47. The standard InChI is InChI=1S/C20H27NO3/c1-18(16(21)22)9-14-10-19(2,17(23)24-3)13-20(11-14,12-18)15-7-5-4-6-8-15/h4-8,14H,9-13H2,1-3H3,(H2,21,22). The van der Waals surface area contributed by atoms with E-state index < -0.39 is 10.8 Å². The van der Waals surface area contributed by atoms with E-state index in [0.29, 0.717) is 18.8 Å². The van der Waals surface area contributed by atoms with Crippen LogP contribution >= 0.6 is 0 Å². The largest absolute Gasteiger partial charge is 0.469 e. The van der Waals surface area contributed by atoms with E-state index in [1.807, 2.05) is 32.0 Å². The summed E-state index contributed by atoms with van der Waals surface area (Å²) in [6, 6.07) is 10.3. The van der Waals surface area contributed by atoms with Gasteiger partial charge in [0.1, 0.15) is 0 Å². The van der Waals surface area contributed by atoms with Gasteiger partial charge >= 0.3 is 5.97 Å². The first kappa shape index (κ1) is 17.0. The second-order valence-electron chi connectivity index (χ2n) is 8.46. The van der Waals surface area contributed by atoms with Crippen molar-refractivity contribution in [3.8, 4) is 0 Å². The summed E-state index contributed by atoms with van der Waals surface area (Å²) in [4.78, 5) is 24.6. The number of rotatable bonds is 3. The maximum Gasteiger partial charge on any atom is 0.311 e. The van der Waals surface area contributed by atoms with Crippen LogP contribution in [0.5, 0.6) is 0 Å². The van der Waals surface area contributed by atoms with E-state index in [1.54, 1.807) is 0 Å². The van der Waals surface area contributed by atoms with Crippen molar-refractivity contribution < 1.29 is 14.3 Å². The van der Waals surface area contributed by atoms with Crippen molar-refractivity contribution in [3.63, 3.8) is 0 Å². The number of primary amides is 1. The number of esters is 1. The van der Waals surface area contributed by atoms with Gasteiger partial charge in [0.05, 0.1) is 12.5 Å². The monoisotopic (exact) mass is 329 g/mol. The van der Waals surface area contributed by atoms with Crippen molar-refractivity contribution in [2.24, 2.45) is 22.5 Å². The molecule has 24 heavy (non-hydrogen) atoms. The minimum absolute atomic E-state index is 0.143. The number of methoxy groups -OCH3 is 1. The number of fused-ring (bicyclic) bond motifs is 2. The van der Waals surface area contributed by atoms with Crippen LogP contribution in [0.4, 0.5) is 0 Å². The highest BCUT2D eigenvalue weighted by Crippen LogP contribution is 2.61. The van der Waals surface area contributed by atoms with Crippen molar-refractivity contribution in [3.05, 3.63) is 35.9 Å². The maximum absolute atomic E-state index is 12.5. The predicted molar refractivity (Wildman–Crippen MR) is 92.1 cm³/mol. The number of carbonyl (C=O) groups is 2. The van der Waals surface area contributed by atoms with Gasteiger partial charge in [-0.2, -0.15) is 0 Å². The van der Waals surface area contributed by atoms with Crippen LogP contribution in [0.15, 0.2) is 30.3 Å². The van der Waals surface area contributed by atoms with Crippen LogP contribution in [-0.4, -0.2) is 19.0 Å². The van der Waals surface area contributed by atoms with Gasteiger partial charge in [0.15, 0.2) is 0 Å². The number of benzene rings is 1. The lowest BCUT2D eigenvalue weighted by Crippen LogP contribution is -2.55. The van der Waals surface area contributed by atoms with Crippen LogP contribution in [0, 0.1) is 16.7 Å². The topological polar surface area (TPSA) is 69.4 Å². The molecule has 2 aliphatic carbocycles. The molecule has 4 unspecified atom stereocenters. The Morgan fingerprint density at radius 3 is 2.21 bits per heavy atom. The zero-order valence-corrected chi connectivity index (χ0v) is 14.8. The average molecular weight is 329 g/mol. The van der Waals surface area contributed by atoms with Crippen molar-refractivity contribution in [1.82, 2.24) is 0 Å². The molecule has 4 nitrogen and oxygen atoms in total. The second-order valence-corrected chi connectivity index (χ2v) is 8.46. The lowest BCUT2D eigenvalue weighted by molar-refractivity contribution is -0.160. The number of ether oxygens (including phenoxy) is 1. The van der Waals surface area contributed by atoms with E-state index in [-0.39, 0.29) is 17.3 Å². The van der Waals surface area contributed by atoms with Crippen LogP contribution < -0.4 is 5.73 Å². The van der Waals surface area contributed by atoms with Gasteiger partial charge in [-0.25, -0.2) is 0 Å². The SMILES string of the molecule is COC(=O)C1(C)CC2CC(C)(C(N)=O)CC(c3ccccc3)(C2)C1. The van der Waals surface area contributed by atoms with Crippen LogP contribution in [0.1, 0.15) is 51.5 Å². The minimum atomic E-state index is -0.518. The Kier molecular flexibility index (Phi) is 3.97. The molecule has 4 heteroatoms. The lowest BCUT2D eigenvalue weighted by Gasteiger charge is -2.56. The Hall–Kier alpha value is -1.84. The first-order valence-electron chi connectivity index (χ1n) is 8.67. The van der Waals surface area contributed by atoms with Gasteiger partial charge in [0, 0.05) is 5.41 Å². The fourth-order valence-electron chi connectivity index (χ4n) is 5.59. The molecule has 0 aromatic heterocycles. The zero-order chi connectivity index (χ0) is 17.6. The van der Waals surface area contributed by atoms with Crippen LogP contribution in [0.2, 0.25) is 0 Å². The van der Waals surface area contributed by atoms with Gasteiger partial charge in [-0.05, 0) is 55.9 Å². The fourth-order valence-corrected chi connectivity index (χ4v) is 5.59. The minimum Gasteiger partial charge on any atom is -0.469 e. The molecule has 2 aliphatic rings. The molecule has 4 atom stereocenters. The van der Waals surface area contributed by atoms with Gasteiger partial charge in [-0.15, -0.1) is 0 Å². The highest BCUT2D eigenvalue weighted by Gasteiger charge is 2.58. The number of amides is 1. The molecule has 1 amide bonds. The van der Waals surface area contributed by atoms with E-state index in [0.717, 1.165) is 19.3 Å². The maximum atomic E-state index is 12.5. The summed E-state index contributed by atoms with van der Waals surface area (Å²) in [5, 5.41) is 0. The Morgan fingerprint density at radius 2 is 1.62 bits per heavy atom. The van der Waals surface area contributed by atoms with Gasteiger partial charge in [-0.1, -0.05) is 37.3 Å². The Bertz CT molecular complexity index is 658. The van der Waals surface area contributed by atoms with E-state index >= 15 is 0 Å². The first-order chi connectivity index (χ1) is 11.2. The van der Waals surface area contributed by atoms with Crippen molar-refractivity contribution >= 4 is 11.9 Å². The number of carbonyl (C=O) groups excluding carboxylic acids is 2. The molecule has 2 fully saturated rings. The summed E-state index contributed by atoms with van der Waals surface area (Å²) in [6.07, 6.45) is 3.92. The first-order valence-corrected chi connectivity index (χ1v) is 8.67. The van der Waals surface area contributed by atoms with Gasteiger partial charge in [-0.3, -0.25) is 9.59 Å². The van der Waals surface area contributed by atoms with Crippen molar-refractivity contribution in [1.29, 1.82) is 0 Å². The highest BCUT2D eigenvalue weighted by molar-refractivity contribution is 5.81. The van der Waals surface area contributed by atoms with Crippen molar-refractivity contribution in [2.45, 2.75) is 51.4 Å². The smallest absolute Gasteiger partial charge is 0.311 e. The third-order valence-corrected chi connectivity index (χ3v) is 6.27. The highest BCUT2D eigenvalue weighted by atomic mass is 16.5. The average Bonchev–Trinajstić information content (AvgIpc) is 2.53. The summed E-state index contributed by atoms with van der Waals surface area (Å²) in [5.74, 6) is -0.0707. The third-order valence-electron chi connectivity index (χ3n) is 6.27. The molecule has 1 aromatic rings. The molecule has 0 aliphatic heterocycles. The molecule has 130 valence electrons. The molecule has 2 N–H and O–H groups in total. The number of hydrogen-bond donors (Lipinski definition) is 1. The summed E-state index contributed by atoms with van der Waals surface area (Å²) < 4.78 is 5.11. The van der Waals surface area contributed by atoms with E-state index in [2.05, 4.69) is 12.1 Å². The van der Waals surface area contributed by atoms with Crippen LogP contribution in [-0.2, 0) is 19.7 Å². The van der Waals surface area contributed by atoms with E-state index in [4.69, 9.17) is 10.5 Å². The van der Waals surface area contributed by atoms with E-state index in [1.165, 1.54) is 12.7 Å². The fraction of sp³-hybridized carbons (Fsp3) is 0.600. The summed E-state index contributed by atoms with van der Waals surface area (Å²) in [7, 11) is 1.46. The summed E-state index contributed by atoms with van der Waals surface area (Å²) in [5.41, 5.74) is 5.75. The number of hydrogen-bond acceptors (Lipinski definition) is 3. The Morgan fingerprint density at radius 1 is 1.04 bits per heavy atom. The molecule has 0 radical (unpaired) electrons. The van der Waals surface area contributed by atoms with Crippen molar-refractivity contribution in [2.75, 3.05) is 7.11 Å². The molecule has 0 spiro atoms. The summed E-state index contributed by atoms with van der Waals surface area (Å²) >= 11 is 0. The van der Waals surface area contributed by atoms with Crippen LogP contribution in [0.25, 0.3) is 0 Å². The number of nitrogens with two attached hydrogens (primary N) is 1. The quantitative estimate of drug-likeness (QED) is 0.866. The molecule has 0 saturated heterocycles. The molecular weight excluding hydrogens is 302 g/mol. The van der Waals surface area contributed by atoms with Gasteiger partial charge < -0.3 is 10.5 Å². The molecule has 1 aromatic carbocycles. The molecule has 2 saturated carbocycles. The zero-order valence-electron chi connectivity index (χ0n) is 14.8. The van der Waals surface area contributed by atoms with Gasteiger partial charge in [0.25, 0.3) is 0 Å². The normalized spacial score (nSPS) is 38.4. The summed E-state index contributed by atoms with van der Waals surface area (Å²) in [6.45, 7) is 4.00. The Balaban J connectivity index is 2.08. The molecule has 3 rings (SSSR count). The molecule has 0 heterocycles. The predicted octanol–water partition coefficient (Wildman–Crippen LogP) is 3.19. The van der Waals surface area contributed by atoms with Gasteiger partial charge in [0.2, 0.25) is 5.91 Å². The molecule has 2 bridgehead atoms. The van der Waals surface area contributed by atoms with Crippen LogP contribution in [0.3, 0.4) is 0 Å². The molecular formula is C20H27NO3. The second kappa shape index (κ2) is 5.61.